The van der Waals surface area contributed by atoms with Gasteiger partial charge < -0.3 is 14.2 Å². The fraction of sp³-hybridized carbons (Fsp3) is 0.815. The molecular formula is C27H44O6. The van der Waals surface area contributed by atoms with Gasteiger partial charge in [0.1, 0.15) is 12.0 Å². The lowest BCUT2D eigenvalue weighted by atomic mass is 9.74. The van der Waals surface area contributed by atoms with Gasteiger partial charge in [-0.25, -0.2) is 9.59 Å². The Hall–Kier alpha value is -1.85. The van der Waals surface area contributed by atoms with E-state index in [1.807, 2.05) is 0 Å². The maximum Gasteiger partial charge on any atom is 0.351 e. The van der Waals surface area contributed by atoms with Gasteiger partial charge in [0.15, 0.2) is 0 Å². The number of rotatable bonds is 14. The highest BCUT2D eigenvalue weighted by Crippen LogP contribution is 2.40. The molecule has 2 fully saturated rings. The molecule has 0 N–H and O–H groups in total. The van der Waals surface area contributed by atoms with Crippen LogP contribution in [0.5, 0.6) is 0 Å². The second-order valence-corrected chi connectivity index (χ2v) is 9.62. The van der Waals surface area contributed by atoms with Crippen LogP contribution in [0, 0.1) is 5.92 Å². The van der Waals surface area contributed by atoms with Gasteiger partial charge >= 0.3 is 17.9 Å². The molecule has 2 unspecified atom stereocenters. The van der Waals surface area contributed by atoms with Crippen molar-refractivity contribution in [1.82, 2.24) is 0 Å². The Balaban J connectivity index is 1.94. The van der Waals surface area contributed by atoms with Crippen LogP contribution in [0.1, 0.15) is 116 Å². The molecule has 0 heterocycles. The van der Waals surface area contributed by atoms with Crippen molar-refractivity contribution >= 4 is 17.9 Å². The standard InChI is InChI=1S/C27H44O6/c1-3-5-6-7-8-9-10-16-21-31-25(29)23-19-14-15-20-27(23,33-24(28)4-2)26(30)32-22-17-12-11-13-18-22/h4,22-23H,2-3,5-21H2,1H3. The zero-order valence-electron chi connectivity index (χ0n) is 20.6. The zero-order chi connectivity index (χ0) is 23.9. The third kappa shape index (κ3) is 8.78. The summed E-state index contributed by atoms with van der Waals surface area (Å²) in [5.41, 5.74) is -1.61. The SMILES string of the molecule is C=CC(=O)OC1(C(=O)OC2CCCCC2)CCCCC1C(=O)OCCCCCCCCCC. The Bertz CT molecular complexity index is 624. The second kappa shape index (κ2) is 15.1. The Labute approximate surface area is 199 Å². The topological polar surface area (TPSA) is 78.9 Å². The molecule has 0 aliphatic heterocycles. The molecule has 0 amide bonds. The molecule has 2 aliphatic rings. The van der Waals surface area contributed by atoms with Crippen LogP contribution < -0.4 is 0 Å². The summed E-state index contributed by atoms with van der Waals surface area (Å²) < 4.78 is 17.0. The first-order valence-corrected chi connectivity index (χ1v) is 13.3. The molecule has 0 saturated heterocycles. The second-order valence-electron chi connectivity index (χ2n) is 9.62. The molecule has 2 saturated carbocycles. The number of unbranched alkanes of at least 4 members (excludes halogenated alkanes) is 7. The van der Waals surface area contributed by atoms with E-state index in [0.717, 1.165) is 63.9 Å². The van der Waals surface area contributed by atoms with E-state index in [4.69, 9.17) is 14.2 Å². The van der Waals surface area contributed by atoms with Gasteiger partial charge in [-0.1, -0.05) is 71.3 Å². The summed E-state index contributed by atoms with van der Waals surface area (Å²) in [6.07, 6.45) is 17.1. The largest absolute Gasteiger partial charge is 0.465 e. The summed E-state index contributed by atoms with van der Waals surface area (Å²) in [4.78, 5) is 38.6. The van der Waals surface area contributed by atoms with Gasteiger partial charge in [-0.05, 0) is 51.4 Å². The Kier molecular flexibility index (Phi) is 12.6. The quantitative estimate of drug-likeness (QED) is 0.132. The number of carbonyl (C=O) groups is 3. The van der Waals surface area contributed by atoms with Gasteiger partial charge in [0.2, 0.25) is 5.60 Å². The van der Waals surface area contributed by atoms with Crippen molar-refractivity contribution in [2.45, 2.75) is 128 Å². The van der Waals surface area contributed by atoms with Crippen LogP contribution in [0.25, 0.3) is 0 Å². The zero-order valence-corrected chi connectivity index (χ0v) is 20.6. The number of esters is 3. The molecule has 33 heavy (non-hydrogen) atoms. The monoisotopic (exact) mass is 464 g/mol. The molecule has 0 radical (unpaired) electrons. The smallest absolute Gasteiger partial charge is 0.351 e. The van der Waals surface area contributed by atoms with Crippen LogP contribution in [0.4, 0.5) is 0 Å². The van der Waals surface area contributed by atoms with Crippen LogP contribution in [0.3, 0.4) is 0 Å². The van der Waals surface area contributed by atoms with E-state index in [1.54, 1.807) is 0 Å². The van der Waals surface area contributed by atoms with Crippen molar-refractivity contribution in [3.05, 3.63) is 12.7 Å². The maximum atomic E-state index is 13.3. The molecular weight excluding hydrogens is 420 g/mol. The van der Waals surface area contributed by atoms with Crippen molar-refractivity contribution in [2.75, 3.05) is 6.61 Å². The minimum Gasteiger partial charge on any atom is -0.465 e. The van der Waals surface area contributed by atoms with Gasteiger partial charge in [-0.15, -0.1) is 0 Å². The molecule has 0 aromatic heterocycles. The molecule has 0 bridgehead atoms. The lowest BCUT2D eigenvalue weighted by Gasteiger charge is -2.40. The van der Waals surface area contributed by atoms with Crippen LogP contribution >= 0.6 is 0 Å². The molecule has 6 heteroatoms. The third-order valence-electron chi connectivity index (χ3n) is 7.00. The first kappa shape index (κ1) is 27.4. The number of hydrogen-bond acceptors (Lipinski definition) is 6. The van der Waals surface area contributed by atoms with Crippen LogP contribution in [0.15, 0.2) is 12.7 Å². The summed E-state index contributed by atoms with van der Waals surface area (Å²) >= 11 is 0. The molecule has 2 atom stereocenters. The Morgan fingerprint density at radius 1 is 0.879 bits per heavy atom. The number of hydrogen-bond donors (Lipinski definition) is 0. The normalized spacial score (nSPS) is 23.5. The predicted molar refractivity (Wildman–Crippen MR) is 128 cm³/mol. The first-order chi connectivity index (χ1) is 16.0. The first-order valence-electron chi connectivity index (χ1n) is 13.3. The number of ether oxygens (including phenoxy) is 3. The minimum atomic E-state index is -1.61. The van der Waals surface area contributed by atoms with Crippen molar-refractivity contribution in [3.63, 3.8) is 0 Å². The third-order valence-corrected chi connectivity index (χ3v) is 7.00. The molecule has 2 aliphatic carbocycles. The Morgan fingerprint density at radius 3 is 2.18 bits per heavy atom. The van der Waals surface area contributed by atoms with Crippen LogP contribution in [0.2, 0.25) is 0 Å². The minimum absolute atomic E-state index is 0.179. The van der Waals surface area contributed by atoms with E-state index in [1.165, 1.54) is 32.1 Å². The average molecular weight is 465 g/mol. The molecule has 0 aromatic carbocycles. The highest BCUT2D eigenvalue weighted by Gasteiger charge is 2.56. The van der Waals surface area contributed by atoms with Crippen LogP contribution in [-0.4, -0.2) is 36.2 Å². The maximum absolute atomic E-state index is 13.3. The molecule has 188 valence electrons. The van der Waals surface area contributed by atoms with E-state index in [-0.39, 0.29) is 12.5 Å². The van der Waals surface area contributed by atoms with Gasteiger partial charge in [0, 0.05) is 6.08 Å². The predicted octanol–water partition coefficient (Wildman–Crippen LogP) is 6.20. The van der Waals surface area contributed by atoms with Gasteiger partial charge in [-0.3, -0.25) is 4.79 Å². The fourth-order valence-corrected chi connectivity index (χ4v) is 5.02. The van der Waals surface area contributed by atoms with E-state index in [0.29, 0.717) is 19.4 Å². The van der Waals surface area contributed by atoms with E-state index in [9.17, 15) is 14.4 Å². The fourth-order valence-electron chi connectivity index (χ4n) is 5.02. The van der Waals surface area contributed by atoms with E-state index < -0.39 is 29.4 Å². The Morgan fingerprint density at radius 2 is 1.52 bits per heavy atom. The van der Waals surface area contributed by atoms with Crippen molar-refractivity contribution in [2.24, 2.45) is 5.92 Å². The molecule has 2 rings (SSSR count). The molecule has 0 spiro atoms. The van der Waals surface area contributed by atoms with Gasteiger partial charge in [0.05, 0.1) is 6.61 Å². The van der Waals surface area contributed by atoms with Crippen molar-refractivity contribution in [1.29, 1.82) is 0 Å². The highest BCUT2D eigenvalue weighted by molar-refractivity contribution is 5.92. The summed E-state index contributed by atoms with van der Waals surface area (Å²) in [5, 5.41) is 0. The summed E-state index contributed by atoms with van der Waals surface area (Å²) in [6.45, 7) is 6.00. The lowest BCUT2D eigenvalue weighted by Crippen LogP contribution is -2.56. The van der Waals surface area contributed by atoms with Gasteiger partial charge in [-0.2, -0.15) is 0 Å². The van der Waals surface area contributed by atoms with Crippen molar-refractivity contribution in [3.8, 4) is 0 Å². The molecule has 6 nitrogen and oxygen atoms in total. The highest BCUT2D eigenvalue weighted by atomic mass is 16.6. The van der Waals surface area contributed by atoms with Crippen molar-refractivity contribution < 1.29 is 28.6 Å². The lowest BCUT2D eigenvalue weighted by molar-refractivity contribution is -0.202. The molecule has 0 aromatic rings. The summed E-state index contributed by atoms with van der Waals surface area (Å²) in [6, 6.07) is 0. The van der Waals surface area contributed by atoms with Gasteiger partial charge in [0.25, 0.3) is 0 Å². The summed E-state index contributed by atoms with van der Waals surface area (Å²) in [7, 11) is 0. The number of carbonyl (C=O) groups excluding carboxylic acids is 3. The van der Waals surface area contributed by atoms with E-state index >= 15 is 0 Å². The van der Waals surface area contributed by atoms with E-state index in [2.05, 4.69) is 13.5 Å². The average Bonchev–Trinajstić information content (AvgIpc) is 2.83. The van der Waals surface area contributed by atoms with Crippen LogP contribution in [-0.2, 0) is 28.6 Å². The summed E-state index contributed by atoms with van der Waals surface area (Å²) in [5.74, 6) is -2.60.